The second kappa shape index (κ2) is 8.28. The van der Waals surface area contributed by atoms with Crippen LogP contribution in [0.15, 0.2) is 83.6 Å². The van der Waals surface area contributed by atoms with Gasteiger partial charge in [0.05, 0.1) is 6.04 Å². The van der Waals surface area contributed by atoms with Crippen LogP contribution in [0, 0.1) is 0 Å². The maximum atomic E-state index is 12.8. The van der Waals surface area contributed by atoms with E-state index >= 15 is 0 Å². The van der Waals surface area contributed by atoms with Crippen LogP contribution < -0.4 is 5.32 Å². The number of rotatable bonds is 6. The van der Waals surface area contributed by atoms with Gasteiger partial charge < -0.3 is 10.4 Å². The molecule has 0 saturated heterocycles. The Morgan fingerprint density at radius 2 is 1.75 bits per heavy atom. The first-order valence-electron chi connectivity index (χ1n) is 9.28. The summed E-state index contributed by atoms with van der Waals surface area (Å²) in [5.41, 5.74) is 2.84. The summed E-state index contributed by atoms with van der Waals surface area (Å²) >= 11 is 1.64. The zero-order chi connectivity index (χ0) is 19.3. The predicted molar refractivity (Wildman–Crippen MR) is 115 cm³/mol. The van der Waals surface area contributed by atoms with Gasteiger partial charge in [0, 0.05) is 12.0 Å². The van der Waals surface area contributed by atoms with E-state index in [0.717, 1.165) is 21.9 Å². The van der Waals surface area contributed by atoms with E-state index in [-0.39, 0.29) is 11.7 Å². The number of hydrogen-bond acceptors (Lipinski definition) is 3. The number of fused-ring (bicyclic) bond motifs is 1. The minimum absolute atomic E-state index is 0.0348. The van der Waals surface area contributed by atoms with Crippen molar-refractivity contribution in [2.24, 2.45) is 0 Å². The van der Waals surface area contributed by atoms with E-state index in [9.17, 15) is 9.90 Å². The summed E-state index contributed by atoms with van der Waals surface area (Å²) in [5.74, 6) is 0.151. The molecule has 0 saturated carbocycles. The van der Waals surface area contributed by atoms with E-state index in [2.05, 4.69) is 10.7 Å². The van der Waals surface area contributed by atoms with Crippen molar-refractivity contribution in [3.8, 4) is 5.75 Å². The Balaban J connectivity index is 1.69. The smallest absolute Gasteiger partial charge is 0.221 e. The zero-order valence-electron chi connectivity index (χ0n) is 15.3. The van der Waals surface area contributed by atoms with Gasteiger partial charge in [0.1, 0.15) is 5.75 Å². The fourth-order valence-corrected chi connectivity index (χ4v) is 4.18. The third kappa shape index (κ3) is 3.92. The first-order valence-corrected chi connectivity index (χ1v) is 10.2. The summed E-state index contributed by atoms with van der Waals surface area (Å²) in [7, 11) is 0. The highest BCUT2D eigenvalue weighted by molar-refractivity contribution is 7.07. The van der Waals surface area contributed by atoms with Crippen molar-refractivity contribution in [2.75, 3.05) is 0 Å². The van der Waals surface area contributed by atoms with Crippen LogP contribution in [0.1, 0.15) is 29.2 Å². The summed E-state index contributed by atoms with van der Waals surface area (Å²) in [5, 5.41) is 19.9. The molecule has 4 heteroatoms. The molecule has 0 bridgehead atoms. The molecule has 1 heterocycles. The van der Waals surface area contributed by atoms with Crippen LogP contribution in [0.25, 0.3) is 10.8 Å². The largest absolute Gasteiger partial charge is 0.508 e. The summed E-state index contributed by atoms with van der Waals surface area (Å²) in [4.78, 5) is 12.8. The highest BCUT2D eigenvalue weighted by atomic mass is 32.1. The molecule has 1 aromatic heterocycles. The molecular formula is C24H21NO2S. The number of amides is 1. The molecule has 4 aromatic rings. The molecule has 0 fully saturated rings. The normalized spacial score (nSPS) is 12.0. The van der Waals surface area contributed by atoms with Crippen molar-refractivity contribution in [1.82, 2.24) is 5.32 Å². The average Bonchev–Trinajstić information content (AvgIpc) is 3.25. The van der Waals surface area contributed by atoms with E-state index in [4.69, 9.17) is 0 Å². The molecule has 0 spiro atoms. The van der Waals surface area contributed by atoms with Gasteiger partial charge in [-0.1, -0.05) is 60.7 Å². The zero-order valence-corrected chi connectivity index (χ0v) is 16.2. The molecule has 1 amide bonds. The Bertz CT molecular complexity index is 1070. The van der Waals surface area contributed by atoms with E-state index in [0.29, 0.717) is 12.8 Å². The van der Waals surface area contributed by atoms with Crippen LogP contribution in [0.3, 0.4) is 0 Å². The maximum Gasteiger partial charge on any atom is 0.221 e. The molecule has 1 unspecified atom stereocenters. The van der Waals surface area contributed by atoms with Crippen LogP contribution in [0.5, 0.6) is 5.75 Å². The lowest BCUT2D eigenvalue weighted by atomic mass is 9.92. The quantitative estimate of drug-likeness (QED) is 0.462. The van der Waals surface area contributed by atoms with Crippen molar-refractivity contribution in [1.29, 1.82) is 0 Å². The standard InChI is InChI=1S/C24H21NO2S/c26-21-12-11-18-6-4-5-9-20(18)23(21)24(19-7-2-1-3-8-19)25-22(27)13-10-17-14-15-28-16-17/h1-9,11-12,14-16,24,26H,10,13H2,(H,25,27). The lowest BCUT2D eigenvalue weighted by Gasteiger charge is -2.22. The molecule has 1 atom stereocenters. The summed E-state index contributed by atoms with van der Waals surface area (Å²) in [6, 6.07) is 22.9. The topological polar surface area (TPSA) is 49.3 Å². The summed E-state index contributed by atoms with van der Waals surface area (Å²) in [6.45, 7) is 0. The molecule has 0 radical (unpaired) electrons. The minimum atomic E-state index is -0.415. The highest BCUT2D eigenvalue weighted by Crippen LogP contribution is 2.35. The van der Waals surface area contributed by atoms with E-state index in [1.807, 2.05) is 72.1 Å². The Labute approximate surface area is 168 Å². The van der Waals surface area contributed by atoms with Gasteiger partial charge >= 0.3 is 0 Å². The van der Waals surface area contributed by atoms with Gasteiger partial charge in [0.15, 0.2) is 0 Å². The molecule has 0 aliphatic carbocycles. The molecular weight excluding hydrogens is 366 g/mol. The van der Waals surface area contributed by atoms with Gasteiger partial charge in [-0.25, -0.2) is 0 Å². The second-order valence-corrected chi connectivity index (χ2v) is 7.54. The van der Waals surface area contributed by atoms with Crippen LogP contribution in [0.2, 0.25) is 0 Å². The third-order valence-electron chi connectivity index (χ3n) is 4.90. The van der Waals surface area contributed by atoms with Crippen LogP contribution in [0.4, 0.5) is 0 Å². The van der Waals surface area contributed by atoms with Gasteiger partial charge in [0.25, 0.3) is 0 Å². The number of benzene rings is 3. The SMILES string of the molecule is O=C(CCc1ccsc1)NC(c1ccccc1)c1c(O)ccc2ccccc12. The first-order chi connectivity index (χ1) is 13.7. The molecule has 4 rings (SSSR count). The number of aryl methyl sites for hydroxylation is 1. The summed E-state index contributed by atoms with van der Waals surface area (Å²) < 4.78 is 0. The molecule has 3 aromatic carbocycles. The lowest BCUT2D eigenvalue weighted by Crippen LogP contribution is -2.29. The van der Waals surface area contributed by atoms with Crippen LogP contribution >= 0.6 is 11.3 Å². The van der Waals surface area contributed by atoms with Crippen molar-refractivity contribution in [3.05, 3.63) is 100 Å². The van der Waals surface area contributed by atoms with Gasteiger partial charge in [0.2, 0.25) is 5.91 Å². The van der Waals surface area contributed by atoms with Gasteiger partial charge in [-0.15, -0.1) is 0 Å². The number of nitrogens with one attached hydrogen (secondary N) is 1. The highest BCUT2D eigenvalue weighted by Gasteiger charge is 2.22. The van der Waals surface area contributed by atoms with E-state index in [1.54, 1.807) is 17.4 Å². The van der Waals surface area contributed by atoms with Crippen molar-refractivity contribution >= 4 is 28.0 Å². The molecule has 3 nitrogen and oxygen atoms in total. The number of aromatic hydroxyl groups is 1. The van der Waals surface area contributed by atoms with Crippen LogP contribution in [-0.4, -0.2) is 11.0 Å². The van der Waals surface area contributed by atoms with Crippen molar-refractivity contribution in [3.63, 3.8) is 0 Å². The van der Waals surface area contributed by atoms with E-state index < -0.39 is 6.04 Å². The second-order valence-electron chi connectivity index (χ2n) is 6.76. The molecule has 0 aliphatic rings. The lowest BCUT2D eigenvalue weighted by molar-refractivity contribution is -0.121. The Morgan fingerprint density at radius 3 is 2.54 bits per heavy atom. The van der Waals surface area contributed by atoms with Crippen LogP contribution in [-0.2, 0) is 11.2 Å². The van der Waals surface area contributed by atoms with E-state index in [1.165, 1.54) is 5.56 Å². The predicted octanol–water partition coefficient (Wildman–Crippen LogP) is 5.45. The molecule has 2 N–H and O–H groups in total. The fourth-order valence-electron chi connectivity index (χ4n) is 3.48. The Hall–Kier alpha value is -3.11. The average molecular weight is 388 g/mol. The Kier molecular flexibility index (Phi) is 5.40. The Morgan fingerprint density at radius 1 is 0.964 bits per heavy atom. The van der Waals surface area contributed by atoms with Gasteiger partial charge in [-0.3, -0.25) is 4.79 Å². The van der Waals surface area contributed by atoms with Gasteiger partial charge in [-0.05, 0) is 51.2 Å². The fraction of sp³-hybridized carbons (Fsp3) is 0.125. The molecule has 0 aliphatic heterocycles. The monoisotopic (exact) mass is 387 g/mol. The van der Waals surface area contributed by atoms with Gasteiger partial charge in [-0.2, -0.15) is 11.3 Å². The number of thiophene rings is 1. The summed E-state index contributed by atoms with van der Waals surface area (Å²) in [6.07, 6.45) is 1.12. The van der Waals surface area contributed by atoms with Crippen molar-refractivity contribution in [2.45, 2.75) is 18.9 Å². The number of hydrogen-bond donors (Lipinski definition) is 2. The number of carbonyl (C=O) groups is 1. The minimum Gasteiger partial charge on any atom is -0.508 e. The molecule has 140 valence electrons. The number of phenolic OH excluding ortho intramolecular Hbond substituents is 1. The number of phenols is 1. The number of carbonyl (C=O) groups excluding carboxylic acids is 1. The maximum absolute atomic E-state index is 12.8. The first kappa shape index (κ1) is 18.3. The molecule has 28 heavy (non-hydrogen) atoms. The van der Waals surface area contributed by atoms with Crippen molar-refractivity contribution < 1.29 is 9.90 Å². The third-order valence-corrected chi connectivity index (χ3v) is 5.63.